The van der Waals surface area contributed by atoms with Gasteiger partial charge in [0.15, 0.2) is 0 Å². The lowest BCUT2D eigenvalue weighted by atomic mass is 10.3. The van der Waals surface area contributed by atoms with Gasteiger partial charge in [0, 0.05) is 13.0 Å². The molecule has 0 spiro atoms. The Morgan fingerprint density at radius 1 is 1.50 bits per heavy atom. The third-order valence-corrected chi connectivity index (χ3v) is 1.50. The van der Waals surface area contributed by atoms with E-state index in [1.54, 1.807) is 11.9 Å². The van der Waals surface area contributed by atoms with Crippen LogP contribution in [0.5, 0.6) is 0 Å². The van der Waals surface area contributed by atoms with E-state index in [4.69, 9.17) is 0 Å². The second-order valence-electron chi connectivity index (χ2n) is 2.59. The van der Waals surface area contributed by atoms with Crippen LogP contribution in [-0.2, 0) is 4.74 Å². The molecule has 1 saturated heterocycles. The molecule has 0 unspecified atom stereocenters. The maximum Gasteiger partial charge on any atom is 0.356 e. The summed E-state index contributed by atoms with van der Waals surface area (Å²) in [7, 11) is 1.77. The van der Waals surface area contributed by atoms with Crippen molar-refractivity contribution < 1.29 is 13.5 Å². The molecule has 60 valence electrons. The number of hydrogen-bond acceptors (Lipinski definition) is 2. The third-order valence-electron chi connectivity index (χ3n) is 1.50. The van der Waals surface area contributed by atoms with Gasteiger partial charge in [-0.2, -0.15) is 8.78 Å². The minimum atomic E-state index is -2.90. The van der Waals surface area contributed by atoms with Gasteiger partial charge in [-0.05, 0) is 13.5 Å². The van der Waals surface area contributed by atoms with Crippen molar-refractivity contribution in [3.8, 4) is 0 Å². The Bertz CT molecular complexity index is 118. The van der Waals surface area contributed by atoms with Crippen molar-refractivity contribution >= 4 is 0 Å². The molecule has 0 aromatic carbocycles. The summed E-state index contributed by atoms with van der Waals surface area (Å²) in [5.74, 6) is 0. The molecule has 10 heavy (non-hydrogen) atoms. The van der Waals surface area contributed by atoms with Crippen LogP contribution in [-0.4, -0.2) is 31.3 Å². The molecule has 1 aliphatic heterocycles. The van der Waals surface area contributed by atoms with Gasteiger partial charge in [0.25, 0.3) is 0 Å². The lowest BCUT2D eigenvalue weighted by Gasteiger charge is -2.14. The van der Waals surface area contributed by atoms with Gasteiger partial charge in [-0.3, -0.25) is 4.90 Å². The minimum Gasteiger partial charge on any atom is -0.305 e. The van der Waals surface area contributed by atoms with Crippen molar-refractivity contribution in [2.75, 3.05) is 20.3 Å². The topological polar surface area (TPSA) is 12.5 Å². The minimum absolute atomic E-state index is 0.0347. The Morgan fingerprint density at radius 3 is 2.90 bits per heavy atom. The van der Waals surface area contributed by atoms with Crippen LogP contribution in [0.15, 0.2) is 0 Å². The lowest BCUT2D eigenvalue weighted by Crippen LogP contribution is -2.24. The average Bonchev–Trinajstić information content (AvgIpc) is 1.94. The summed E-state index contributed by atoms with van der Waals surface area (Å²) in [6, 6.07) is 0. The van der Waals surface area contributed by atoms with E-state index in [9.17, 15) is 8.78 Å². The van der Waals surface area contributed by atoms with Crippen molar-refractivity contribution in [1.82, 2.24) is 4.90 Å². The SMILES string of the molecule is CN1CCCC(F)(F)OC1. The van der Waals surface area contributed by atoms with Crippen LogP contribution >= 0.6 is 0 Å². The Kier molecular flexibility index (Phi) is 2.21. The van der Waals surface area contributed by atoms with Gasteiger partial charge < -0.3 is 4.74 Å². The van der Waals surface area contributed by atoms with Crippen LogP contribution in [0.4, 0.5) is 8.78 Å². The predicted octanol–water partition coefficient (Wildman–Crippen LogP) is 1.28. The molecular weight excluding hydrogens is 140 g/mol. The monoisotopic (exact) mass is 151 g/mol. The highest BCUT2D eigenvalue weighted by Gasteiger charge is 2.31. The van der Waals surface area contributed by atoms with Crippen LogP contribution in [0.1, 0.15) is 12.8 Å². The highest BCUT2D eigenvalue weighted by molar-refractivity contribution is 4.59. The number of nitrogens with zero attached hydrogens (tertiary/aromatic N) is 1. The summed E-state index contributed by atoms with van der Waals surface area (Å²) in [5.41, 5.74) is 0. The number of halogens is 2. The molecule has 0 bridgehead atoms. The first-order valence-corrected chi connectivity index (χ1v) is 3.30. The maximum atomic E-state index is 12.4. The van der Waals surface area contributed by atoms with Crippen molar-refractivity contribution in [3.05, 3.63) is 0 Å². The maximum absolute atomic E-state index is 12.4. The first-order chi connectivity index (χ1) is 4.60. The number of alkyl halides is 2. The fourth-order valence-corrected chi connectivity index (χ4v) is 0.896. The van der Waals surface area contributed by atoms with Crippen molar-refractivity contribution in [2.45, 2.75) is 19.0 Å². The zero-order valence-electron chi connectivity index (χ0n) is 5.94. The van der Waals surface area contributed by atoms with Crippen molar-refractivity contribution in [3.63, 3.8) is 0 Å². The third kappa shape index (κ3) is 2.19. The first-order valence-electron chi connectivity index (χ1n) is 3.30. The fourth-order valence-electron chi connectivity index (χ4n) is 0.896. The molecule has 0 amide bonds. The Morgan fingerprint density at radius 2 is 2.20 bits per heavy atom. The number of ether oxygens (including phenoxy) is 1. The van der Waals surface area contributed by atoms with Gasteiger partial charge in [0.05, 0.1) is 0 Å². The summed E-state index contributed by atoms with van der Waals surface area (Å²) in [5, 5.41) is 0. The van der Waals surface area contributed by atoms with E-state index in [0.717, 1.165) is 0 Å². The van der Waals surface area contributed by atoms with E-state index in [1.807, 2.05) is 0 Å². The Labute approximate surface area is 58.8 Å². The Hall–Kier alpha value is -0.220. The van der Waals surface area contributed by atoms with E-state index in [0.29, 0.717) is 13.0 Å². The fraction of sp³-hybridized carbons (Fsp3) is 1.00. The normalized spacial score (nSPS) is 27.9. The van der Waals surface area contributed by atoms with Crippen molar-refractivity contribution in [2.24, 2.45) is 0 Å². The number of rotatable bonds is 0. The van der Waals surface area contributed by atoms with Crippen LogP contribution < -0.4 is 0 Å². The highest BCUT2D eigenvalue weighted by atomic mass is 19.3. The lowest BCUT2D eigenvalue weighted by molar-refractivity contribution is -0.248. The van der Waals surface area contributed by atoms with Gasteiger partial charge in [-0.15, -0.1) is 0 Å². The summed E-state index contributed by atoms with van der Waals surface area (Å²) in [4.78, 5) is 1.74. The van der Waals surface area contributed by atoms with E-state index in [1.165, 1.54) is 0 Å². The summed E-state index contributed by atoms with van der Waals surface area (Å²) in [6.07, 6.45) is -2.55. The van der Waals surface area contributed by atoms with Gasteiger partial charge in [-0.1, -0.05) is 0 Å². The van der Waals surface area contributed by atoms with Gasteiger partial charge in [0.1, 0.15) is 6.73 Å². The highest BCUT2D eigenvalue weighted by Crippen LogP contribution is 2.24. The second-order valence-corrected chi connectivity index (χ2v) is 2.59. The van der Waals surface area contributed by atoms with Gasteiger partial charge >= 0.3 is 6.11 Å². The van der Waals surface area contributed by atoms with Crippen LogP contribution in [0.3, 0.4) is 0 Å². The molecule has 1 heterocycles. The molecule has 1 rings (SSSR count). The largest absolute Gasteiger partial charge is 0.356 e. The molecule has 0 aliphatic carbocycles. The van der Waals surface area contributed by atoms with Gasteiger partial charge in [0.2, 0.25) is 0 Å². The van der Waals surface area contributed by atoms with E-state index in [-0.39, 0.29) is 13.2 Å². The van der Waals surface area contributed by atoms with Crippen LogP contribution in [0.25, 0.3) is 0 Å². The molecule has 0 N–H and O–H groups in total. The smallest absolute Gasteiger partial charge is 0.305 e. The molecule has 1 fully saturated rings. The molecule has 0 aromatic rings. The predicted molar refractivity (Wildman–Crippen MR) is 32.8 cm³/mol. The van der Waals surface area contributed by atoms with Crippen molar-refractivity contribution in [1.29, 1.82) is 0 Å². The summed E-state index contributed by atoms with van der Waals surface area (Å²) >= 11 is 0. The quantitative estimate of drug-likeness (QED) is 0.517. The van der Waals surface area contributed by atoms with Gasteiger partial charge in [-0.25, -0.2) is 0 Å². The average molecular weight is 151 g/mol. The zero-order chi connectivity index (χ0) is 7.61. The molecule has 0 radical (unpaired) electrons. The van der Waals surface area contributed by atoms with Crippen LogP contribution in [0, 0.1) is 0 Å². The first kappa shape index (κ1) is 7.88. The molecule has 4 heteroatoms. The van der Waals surface area contributed by atoms with E-state index >= 15 is 0 Å². The molecule has 0 atom stereocenters. The zero-order valence-corrected chi connectivity index (χ0v) is 5.94. The Balaban J connectivity index is 2.41. The van der Waals surface area contributed by atoms with E-state index in [2.05, 4.69) is 4.74 Å². The standard InChI is InChI=1S/C6H11F2NO/c1-9-4-2-3-6(7,8)10-5-9/h2-5H2,1H3. The molecule has 0 saturated carbocycles. The van der Waals surface area contributed by atoms with E-state index < -0.39 is 6.11 Å². The summed E-state index contributed by atoms with van der Waals surface area (Å²) in [6.45, 7) is 0.725. The molecular formula is C6H11F2NO. The molecule has 1 aliphatic rings. The molecule has 2 nitrogen and oxygen atoms in total. The summed E-state index contributed by atoms with van der Waals surface area (Å²) < 4.78 is 29.1. The number of hydrogen-bond donors (Lipinski definition) is 0. The van der Waals surface area contributed by atoms with Crippen LogP contribution in [0.2, 0.25) is 0 Å². The second kappa shape index (κ2) is 2.80. The molecule has 0 aromatic heterocycles.